The highest BCUT2D eigenvalue weighted by Gasteiger charge is 2.19. The first kappa shape index (κ1) is 16.7. The summed E-state index contributed by atoms with van der Waals surface area (Å²) in [4.78, 5) is 0.173. The molecule has 0 radical (unpaired) electrons. The molecule has 1 atom stereocenters. The van der Waals surface area contributed by atoms with Gasteiger partial charge in [-0.05, 0) is 73.6 Å². The second-order valence-corrected chi connectivity index (χ2v) is 7.93. The van der Waals surface area contributed by atoms with Crippen LogP contribution < -0.4 is 4.72 Å². The molecule has 1 unspecified atom stereocenters. The van der Waals surface area contributed by atoms with Gasteiger partial charge in [0.1, 0.15) is 0 Å². The van der Waals surface area contributed by atoms with Gasteiger partial charge in [0, 0.05) is 6.04 Å². The Morgan fingerprint density at radius 2 is 1.71 bits per heavy atom. The van der Waals surface area contributed by atoms with Crippen molar-refractivity contribution in [3.05, 3.63) is 64.7 Å². The van der Waals surface area contributed by atoms with Gasteiger partial charge in [-0.15, -0.1) is 0 Å². The van der Waals surface area contributed by atoms with Gasteiger partial charge in [-0.3, -0.25) is 0 Å². The van der Waals surface area contributed by atoms with E-state index >= 15 is 0 Å². The molecule has 1 N–H and O–H groups in total. The molecule has 0 saturated heterocycles. The number of nitrogens with zero attached hydrogens (tertiary/aromatic N) is 1. The number of hydrogen-bond donors (Lipinski definition) is 1. The van der Waals surface area contributed by atoms with Crippen LogP contribution in [0.3, 0.4) is 0 Å². The van der Waals surface area contributed by atoms with Crippen LogP contribution in [0, 0.1) is 11.3 Å². The second kappa shape index (κ2) is 6.76. The summed E-state index contributed by atoms with van der Waals surface area (Å²) in [6, 6.07) is 13.9. The number of fused-ring (bicyclic) bond motifs is 1. The summed E-state index contributed by atoms with van der Waals surface area (Å²) in [7, 11) is -3.61. The monoisotopic (exact) mass is 340 g/mol. The molecule has 4 nitrogen and oxygen atoms in total. The summed E-state index contributed by atoms with van der Waals surface area (Å²) < 4.78 is 27.7. The van der Waals surface area contributed by atoms with E-state index in [0.717, 1.165) is 18.4 Å². The van der Waals surface area contributed by atoms with Crippen molar-refractivity contribution >= 4 is 10.0 Å². The Morgan fingerprint density at radius 1 is 1.04 bits per heavy atom. The van der Waals surface area contributed by atoms with Gasteiger partial charge in [0.05, 0.1) is 16.5 Å². The van der Waals surface area contributed by atoms with Crippen molar-refractivity contribution in [3.63, 3.8) is 0 Å². The van der Waals surface area contributed by atoms with Crippen molar-refractivity contribution in [2.24, 2.45) is 0 Å². The summed E-state index contributed by atoms with van der Waals surface area (Å²) in [5, 5.41) is 8.81. The van der Waals surface area contributed by atoms with E-state index in [-0.39, 0.29) is 10.9 Å². The van der Waals surface area contributed by atoms with E-state index in [0.29, 0.717) is 5.56 Å². The van der Waals surface area contributed by atoms with E-state index in [1.54, 1.807) is 0 Å². The van der Waals surface area contributed by atoms with Crippen LogP contribution in [0.5, 0.6) is 0 Å². The topological polar surface area (TPSA) is 70.0 Å². The summed E-state index contributed by atoms with van der Waals surface area (Å²) in [6.07, 6.45) is 4.61. The van der Waals surface area contributed by atoms with Gasteiger partial charge in [0.15, 0.2) is 0 Å². The summed E-state index contributed by atoms with van der Waals surface area (Å²) in [6.45, 7) is 1.85. The van der Waals surface area contributed by atoms with E-state index in [9.17, 15) is 8.42 Å². The van der Waals surface area contributed by atoms with Gasteiger partial charge in [-0.25, -0.2) is 13.1 Å². The van der Waals surface area contributed by atoms with E-state index < -0.39 is 10.0 Å². The quantitative estimate of drug-likeness (QED) is 0.926. The maximum absolute atomic E-state index is 12.5. The number of nitrogens with one attached hydrogen (secondary N) is 1. The molecule has 0 aromatic heterocycles. The molecular formula is C19H20N2O2S. The molecule has 0 heterocycles. The van der Waals surface area contributed by atoms with Gasteiger partial charge in [0.25, 0.3) is 0 Å². The summed E-state index contributed by atoms with van der Waals surface area (Å²) >= 11 is 0. The average Bonchev–Trinajstić information content (AvgIpc) is 2.61. The zero-order valence-corrected chi connectivity index (χ0v) is 14.4. The van der Waals surface area contributed by atoms with Crippen LogP contribution in [0.1, 0.15) is 48.1 Å². The number of benzene rings is 2. The van der Waals surface area contributed by atoms with Crippen LogP contribution in [0.15, 0.2) is 47.4 Å². The number of sulfonamides is 1. The molecule has 0 saturated carbocycles. The summed E-state index contributed by atoms with van der Waals surface area (Å²) in [5.41, 5.74) is 4.14. The van der Waals surface area contributed by atoms with Crippen LogP contribution in [0.2, 0.25) is 0 Å². The van der Waals surface area contributed by atoms with Crippen molar-refractivity contribution in [1.82, 2.24) is 4.72 Å². The van der Waals surface area contributed by atoms with Crippen molar-refractivity contribution < 1.29 is 8.42 Å². The number of hydrogen-bond acceptors (Lipinski definition) is 3. The smallest absolute Gasteiger partial charge is 0.207 e. The van der Waals surface area contributed by atoms with Crippen molar-refractivity contribution in [2.45, 2.75) is 43.5 Å². The fourth-order valence-corrected chi connectivity index (χ4v) is 4.33. The normalized spacial score (nSPS) is 15.3. The van der Waals surface area contributed by atoms with E-state index in [2.05, 4.69) is 16.9 Å². The Bertz CT molecular complexity index is 881. The fourth-order valence-electron chi connectivity index (χ4n) is 3.10. The molecule has 24 heavy (non-hydrogen) atoms. The first-order chi connectivity index (χ1) is 11.5. The van der Waals surface area contributed by atoms with Crippen molar-refractivity contribution in [1.29, 1.82) is 5.26 Å². The second-order valence-electron chi connectivity index (χ2n) is 6.21. The number of nitriles is 1. The minimum atomic E-state index is -3.61. The molecule has 2 aromatic rings. The molecule has 1 aliphatic rings. The zero-order valence-electron chi connectivity index (χ0n) is 13.6. The lowest BCUT2D eigenvalue weighted by atomic mass is 9.89. The highest BCUT2D eigenvalue weighted by Crippen LogP contribution is 2.25. The fraction of sp³-hybridized carbons (Fsp3) is 0.316. The van der Waals surface area contributed by atoms with Gasteiger partial charge in [0.2, 0.25) is 10.0 Å². The van der Waals surface area contributed by atoms with E-state index in [1.807, 2.05) is 19.1 Å². The third-order valence-electron chi connectivity index (χ3n) is 4.50. The van der Waals surface area contributed by atoms with E-state index in [1.165, 1.54) is 48.2 Å². The molecule has 0 amide bonds. The molecule has 3 rings (SSSR count). The predicted molar refractivity (Wildman–Crippen MR) is 93.0 cm³/mol. The number of aryl methyl sites for hydroxylation is 2. The molecule has 0 aliphatic heterocycles. The lowest BCUT2D eigenvalue weighted by Gasteiger charge is -2.20. The first-order valence-corrected chi connectivity index (χ1v) is 9.62. The standard InChI is InChI=1S/C19H20N2O2S/c1-14(17-9-8-16-4-2-3-5-18(16)12-17)21-24(22,23)19-10-6-15(13-20)7-11-19/h6-12,14,21H,2-5H2,1H3. The Morgan fingerprint density at radius 3 is 2.38 bits per heavy atom. The van der Waals surface area contributed by atoms with Crippen LogP contribution in [-0.4, -0.2) is 8.42 Å². The molecule has 0 bridgehead atoms. The number of rotatable bonds is 4. The molecule has 0 spiro atoms. The van der Waals surface area contributed by atoms with Gasteiger partial charge < -0.3 is 0 Å². The minimum absolute atomic E-state index is 0.173. The van der Waals surface area contributed by atoms with Crippen LogP contribution >= 0.6 is 0 Å². The minimum Gasteiger partial charge on any atom is -0.207 e. The zero-order chi connectivity index (χ0) is 17.2. The van der Waals surface area contributed by atoms with Gasteiger partial charge >= 0.3 is 0 Å². The third-order valence-corrected chi connectivity index (χ3v) is 6.05. The molecule has 0 fully saturated rings. The molecule has 1 aliphatic carbocycles. The Balaban J connectivity index is 1.80. The largest absolute Gasteiger partial charge is 0.241 e. The van der Waals surface area contributed by atoms with E-state index in [4.69, 9.17) is 5.26 Å². The predicted octanol–water partition coefficient (Wildman–Crippen LogP) is 3.48. The van der Waals surface area contributed by atoms with Crippen LogP contribution in [-0.2, 0) is 22.9 Å². The van der Waals surface area contributed by atoms with Gasteiger partial charge in [-0.1, -0.05) is 18.2 Å². The SMILES string of the molecule is CC(NS(=O)(=O)c1ccc(C#N)cc1)c1ccc2c(c1)CCCC2. The maximum atomic E-state index is 12.5. The van der Waals surface area contributed by atoms with Crippen molar-refractivity contribution in [2.75, 3.05) is 0 Å². The summed E-state index contributed by atoms with van der Waals surface area (Å²) in [5.74, 6) is 0. The first-order valence-electron chi connectivity index (χ1n) is 8.14. The Labute approximate surface area is 143 Å². The Hall–Kier alpha value is -2.16. The molecule has 124 valence electrons. The Kier molecular flexibility index (Phi) is 4.70. The highest BCUT2D eigenvalue weighted by molar-refractivity contribution is 7.89. The third kappa shape index (κ3) is 3.50. The van der Waals surface area contributed by atoms with Crippen LogP contribution in [0.25, 0.3) is 0 Å². The lowest BCUT2D eigenvalue weighted by Crippen LogP contribution is -2.27. The molecule has 2 aromatic carbocycles. The van der Waals surface area contributed by atoms with Crippen LogP contribution in [0.4, 0.5) is 0 Å². The maximum Gasteiger partial charge on any atom is 0.241 e. The lowest BCUT2D eigenvalue weighted by molar-refractivity contribution is 0.566. The molecule has 5 heteroatoms. The highest BCUT2D eigenvalue weighted by atomic mass is 32.2. The van der Waals surface area contributed by atoms with Crippen molar-refractivity contribution in [3.8, 4) is 6.07 Å². The average molecular weight is 340 g/mol. The van der Waals surface area contributed by atoms with Gasteiger partial charge in [-0.2, -0.15) is 5.26 Å². The molecular weight excluding hydrogens is 320 g/mol.